The fourth-order valence-electron chi connectivity index (χ4n) is 12.9. The topological polar surface area (TPSA) is 291 Å². The van der Waals surface area contributed by atoms with E-state index in [0.717, 1.165) is 65.4 Å². The molecule has 0 radical (unpaired) electrons. The Morgan fingerprint density at radius 1 is 1.00 bits per heavy atom. The molecule has 3 aromatic carbocycles. The second-order valence-corrected chi connectivity index (χ2v) is 26.9. The van der Waals surface area contributed by atoms with E-state index in [-0.39, 0.29) is 54.1 Å². The summed E-state index contributed by atoms with van der Waals surface area (Å²) in [4.78, 5) is 96.8. The third kappa shape index (κ3) is 12.0. The third-order valence-electron chi connectivity index (χ3n) is 16.2. The number of H-pyrrole nitrogens is 1. The first kappa shape index (κ1) is 58.3. The first-order chi connectivity index (χ1) is 37.1. The number of amides is 2. The number of phosphoric acid groups is 3. The maximum atomic E-state index is 14.8. The van der Waals surface area contributed by atoms with Crippen LogP contribution >= 0.6 is 23.5 Å². The summed E-state index contributed by atoms with van der Waals surface area (Å²) >= 11 is 0. The van der Waals surface area contributed by atoms with E-state index in [1.54, 1.807) is 11.9 Å². The van der Waals surface area contributed by atoms with Gasteiger partial charge in [-0.2, -0.15) is 8.62 Å². The molecule has 9 rings (SSSR count). The molecule has 4 heterocycles. The predicted octanol–water partition coefficient (Wildman–Crippen LogP) is 5.34. The van der Waals surface area contributed by atoms with E-state index in [9.17, 15) is 47.8 Å². The van der Waals surface area contributed by atoms with Gasteiger partial charge in [0, 0.05) is 91.0 Å². The molecule has 21 nitrogen and oxygen atoms in total. The molecule has 424 valence electrons. The molecule has 79 heavy (non-hydrogen) atoms. The van der Waals surface area contributed by atoms with Crippen molar-refractivity contribution in [1.29, 1.82) is 0 Å². The molecular formula is C55H70N6O15P3+. The van der Waals surface area contributed by atoms with Gasteiger partial charge in [-0.25, -0.2) is 23.1 Å². The number of aromatic amines is 1. The molecular weight excluding hydrogens is 1080 g/mol. The maximum Gasteiger partial charge on any atom is 0.490 e. The van der Waals surface area contributed by atoms with Crippen molar-refractivity contribution in [1.82, 2.24) is 24.3 Å². The summed E-state index contributed by atoms with van der Waals surface area (Å²) in [6, 6.07) is 14.4. The summed E-state index contributed by atoms with van der Waals surface area (Å²) in [7, 11) is -15.0. The lowest BCUT2D eigenvalue weighted by Crippen LogP contribution is -2.49. The van der Waals surface area contributed by atoms with Crippen LogP contribution in [-0.4, -0.2) is 109 Å². The molecule has 1 aromatic heterocycles. The van der Waals surface area contributed by atoms with Gasteiger partial charge < -0.3 is 39.8 Å². The van der Waals surface area contributed by atoms with Gasteiger partial charge in [0.1, 0.15) is 6.54 Å². The summed E-state index contributed by atoms with van der Waals surface area (Å²) in [6.07, 6.45) is 10.9. The van der Waals surface area contributed by atoms with Crippen molar-refractivity contribution >= 4 is 58.7 Å². The average Bonchev–Trinajstić information content (AvgIpc) is 3.58. The molecule has 0 bridgehead atoms. The lowest BCUT2D eigenvalue weighted by Gasteiger charge is -2.48. The van der Waals surface area contributed by atoms with E-state index in [2.05, 4.69) is 111 Å². The minimum Gasteiger partial charge on any atom is -0.393 e. The van der Waals surface area contributed by atoms with E-state index in [1.807, 2.05) is 18.2 Å². The van der Waals surface area contributed by atoms with Crippen LogP contribution in [0.25, 0.3) is 17.7 Å². The molecule has 4 aromatic rings. The van der Waals surface area contributed by atoms with Crippen LogP contribution in [0.3, 0.4) is 0 Å². The second-order valence-electron chi connectivity index (χ2n) is 22.5. The van der Waals surface area contributed by atoms with Crippen LogP contribution in [0, 0.1) is 5.92 Å². The fraction of sp³-hybridized carbons (Fsp3) is 0.473. The molecule has 3 unspecified atom stereocenters. The van der Waals surface area contributed by atoms with Crippen molar-refractivity contribution in [3.8, 4) is 0 Å². The Hall–Kier alpha value is -5.40. The summed E-state index contributed by atoms with van der Waals surface area (Å²) in [5, 5.41) is 16.0. The van der Waals surface area contributed by atoms with Gasteiger partial charge in [0.25, 0.3) is 11.5 Å². The van der Waals surface area contributed by atoms with Gasteiger partial charge in [-0.05, 0) is 134 Å². The minimum atomic E-state index is -5.75. The zero-order valence-corrected chi connectivity index (χ0v) is 48.1. The first-order valence-corrected chi connectivity index (χ1v) is 31.2. The molecule has 0 saturated heterocycles. The number of phosphoric ester groups is 1. The Morgan fingerprint density at radius 3 is 2.48 bits per heavy atom. The Kier molecular flexibility index (Phi) is 16.3. The zero-order chi connectivity index (χ0) is 57.1. The third-order valence-corrected chi connectivity index (χ3v) is 20.0. The van der Waals surface area contributed by atoms with Crippen molar-refractivity contribution in [2.45, 2.75) is 116 Å². The number of rotatable bonds is 18. The summed E-state index contributed by atoms with van der Waals surface area (Å²) < 4.78 is 50.7. The molecule has 2 amide bonds. The van der Waals surface area contributed by atoms with E-state index < -0.39 is 59.4 Å². The van der Waals surface area contributed by atoms with Gasteiger partial charge in [0.05, 0.1) is 18.3 Å². The van der Waals surface area contributed by atoms with Crippen molar-refractivity contribution in [2.24, 2.45) is 5.92 Å². The van der Waals surface area contributed by atoms with Crippen LogP contribution < -0.4 is 36.6 Å². The number of carbonyl (C=O) groups excluding carboxylic acids is 2. The number of fused-ring (bicyclic) bond motifs is 4. The SMILES string of the molecule is CCN1c2cc3c(cc2C(C)CC1(C)C)C(c1ccccc1C(=O)N(C)CCCC(=O)NC/C=C/c1cn([C@@H]2C[C@H](COP(=O)(O)OP(=O)(O)OP(=O)(O)O)[C@@H](O)C2)c(=O)[nH]c1=O)=c1cc2c4c(c1C3(C)C)CCC[N+]=4CC=C2. The van der Waals surface area contributed by atoms with Crippen LogP contribution in [0.1, 0.15) is 147 Å². The van der Waals surface area contributed by atoms with Gasteiger partial charge in [-0.1, -0.05) is 51.1 Å². The summed E-state index contributed by atoms with van der Waals surface area (Å²) in [5.41, 5.74) is 9.58. The molecule has 5 aliphatic rings. The standard InChI is InChI=1S/C55H69N6O15P3/c1-8-61-45-29-44-42(28-41(45)33(2)30-54(61,3)4)48(43-26-34-16-12-23-59-24-13-19-40(50(34)59)49(43)55(44,5)6)38-17-9-10-18-39(38)52(65)58(7)22-14-20-47(63)56-21-11-15-35-31-60(53(66)57-51(35)64)37-25-36(46(62)27-37)32-74-78(70,71)76-79(72,73)75-77(67,68)69/h9-12,15-18,26,28-29,31,33,36-37,46,62H,8,13-14,19-25,27,30,32H2,1-7H3,(H5-,56,57,63,64,66,67,68,69,70,71,72,73)/p+1/b15-11+/t33?,36-,37-,46+/m1/s1. The lowest BCUT2D eigenvalue weighted by molar-refractivity contribution is -0.121. The number of aromatic nitrogens is 2. The van der Waals surface area contributed by atoms with Crippen LogP contribution in [-0.2, 0) is 43.5 Å². The highest BCUT2D eigenvalue weighted by Crippen LogP contribution is 2.66. The van der Waals surface area contributed by atoms with Crippen LogP contribution in [0.2, 0.25) is 0 Å². The van der Waals surface area contributed by atoms with E-state index >= 15 is 0 Å². The zero-order valence-electron chi connectivity index (χ0n) is 45.4. The van der Waals surface area contributed by atoms with E-state index in [4.69, 9.17) is 9.79 Å². The fourth-order valence-corrected chi connectivity index (χ4v) is 15.9. The largest absolute Gasteiger partial charge is 0.490 e. The number of carbonyl (C=O) groups is 2. The highest BCUT2D eigenvalue weighted by molar-refractivity contribution is 7.66. The van der Waals surface area contributed by atoms with Crippen molar-refractivity contribution in [3.63, 3.8) is 0 Å². The Bertz CT molecular complexity index is 3600. The molecule has 6 atom stereocenters. The average molecular weight is 1150 g/mol. The van der Waals surface area contributed by atoms with Gasteiger partial charge >= 0.3 is 29.2 Å². The van der Waals surface area contributed by atoms with Crippen LogP contribution in [0.4, 0.5) is 5.69 Å². The number of benzene rings is 3. The Morgan fingerprint density at radius 2 is 1.75 bits per heavy atom. The quantitative estimate of drug-likeness (QED) is 0.0489. The predicted molar refractivity (Wildman–Crippen MR) is 298 cm³/mol. The summed E-state index contributed by atoms with van der Waals surface area (Å²) in [5.74, 6) is -1.07. The number of nitrogens with zero attached hydrogens (tertiary/aromatic N) is 4. The highest BCUT2D eigenvalue weighted by atomic mass is 31.3. The van der Waals surface area contributed by atoms with Gasteiger partial charge in [-0.3, -0.25) is 28.5 Å². The molecule has 1 fully saturated rings. The Balaban J connectivity index is 0.882. The van der Waals surface area contributed by atoms with E-state index in [0.29, 0.717) is 24.4 Å². The molecule has 24 heteroatoms. The number of aliphatic hydroxyl groups excluding tert-OH is 1. The number of hydrogen-bond acceptors (Lipinski definition) is 12. The number of hydrogen-bond donors (Lipinski definition) is 7. The molecule has 3 aliphatic heterocycles. The van der Waals surface area contributed by atoms with Gasteiger partial charge in [-0.15, -0.1) is 0 Å². The number of nitrogens with one attached hydrogen (secondary N) is 2. The van der Waals surface area contributed by atoms with Crippen LogP contribution in [0.5, 0.6) is 0 Å². The lowest BCUT2D eigenvalue weighted by atomic mass is 9.65. The van der Waals surface area contributed by atoms with Crippen molar-refractivity contribution < 1.29 is 61.1 Å². The first-order valence-electron chi connectivity index (χ1n) is 26.6. The second kappa shape index (κ2) is 22.2. The smallest absolute Gasteiger partial charge is 0.393 e. The molecule has 0 spiro atoms. The molecule has 2 aliphatic carbocycles. The molecule has 7 N–H and O–H groups in total. The van der Waals surface area contributed by atoms with Crippen molar-refractivity contribution in [2.75, 3.05) is 51.3 Å². The van der Waals surface area contributed by atoms with Gasteiger partial charge in [0.2, 0.25) is 11.3 Å². The number of aliphatic hydroxyl groups is 1. The van der Waals surface area contributed by atoms with Crippen LogP contribution in [0.15, 0.2) is 70.4 Å². The number of anilines is 1. The molecule has 1 saturated carbocycles. The maximum absolute atomic E-state index is 14.8. The monoisotopic (exact) mass is 1150 g/mol. The van der Waals surface area contributed by atoms with Gasteiger partial charge in [0.15, 0.2) is 6.54 Å². The van der Waals surface area contributed by atoms with Crippen molar-refractivity contribution in [3.05, 3.63) is 142 Å². The van der Waals surface area contributed by atoms with E-state index in [1.165, 1.54) is 57.2 Å². The minimum absolute atomic E-state index is 0.0184. The summed E-state index contributed by atoms with van der Waals surface area (Å²) in [6.45, 7) is 16.4. The normalized spacial score (nSPS) is 22.4. The Labute approximate surface area is 457 Å². The highest BCUT2D eigenvalue weighted by Gasteiger charge is 2.45.